The maximum atomic E-state index is 11.1. The number of carboxylic acids is 1. The van der Waals surface area contributed by atoms with E-state index in [4.69, 9.17) is 9.84 Å². The second-order valence-corrected chi connectivity index (χ2v) is 9.09. The van der Waals surface area contributed by atoms with Crippen molar-refractivity contribution >= 4 is 5.97 Å². The van der Waals surface area contributed by atoms with E-state index in [-0.39, 0.29) is 12.6 Å². The molecule has 3 aromatic carbocycles. The monoisotopic (exact) mass is 477 g/mol. The van der Waals surface area contributed by atoms with Gasteiger partial charge in [-0.15, -0.1) is 0 Å². The van der Waals surface area contributed by atoms with Gasteiger partial charge in [-0.05, 0) is 54.2 Å². The first-order chi connectivity index (χ1) is 16.9. The Morgan fingerprint density at radius 1 is 0.914 bits per heavy atom. The van der Waals surface area contributed by atoms with Crippen molar-refractivity contribution in [3.05, 3.63) is 101 Å². The van der Waals surface area contributed by atoms with Crippen molar-refractivity contribution in [3.63, 3.8) is 0 Å². The number of ether oxygens (including phenoxy) is 1. The first-order valence-corrected chi connectivity index (χ1v) is 12.0. The Morgan fingerprint density at radius 3 is 2.29 bits per heavy atom. The highest BCUT2D eigenvalue weighted by molar-refractivity contribution is 5.69. The van der Waals surface area contributed by atoms with Gasteiger partial charge in [-0.1, -0.05) is 67.6 Å². The zero-order valence-corrected chi connectivity index (χ0v) is 20.4. The van der Waals surface area contributed by atoms with Crippen LogP contribution in [0.5, 0.6) is 5.75 Å². The SMILES string of the molecule is CC(Cc1cccc(C[C@@H](C)NC[C@H](O)c2ccc(OCc3ccccc3)c(CO)c2)c1)C(=O)O. The lowest BCUT2D eigenvalue weighted by atomic mass is 9.97. The average Bonchev–Trinajstić information content (AvgIpc) is 2.86. The van der Waals surface area contributed by atoms with Crippen LogP contribution in [0, 0.1) is 5.92 Å². The number of aliphatic hydroxyl groups excluding tert-OH is 2. The molecule has 0 bridgehead atoms. The molecule has 186 valence electrons. The van der Waals surface area contributed by atoms with Gasteiger partial charge in [-0.2, -0.15) is 0 Å². The lowest BCUT2D eigenvalue weighted by Crippen LogP contribution is -2.32. The van der Waals surface area contributed by atoms with Crippen LogP contribution in [0.3, 0.4) is 0 Å². The molecule has 6 heteroatoms. The van der Waals surface area contributed by atoms with Crippen LogP contribution in [0.2, 0.25) is 0 Å². The Hall–Kier alpha value is -3.19. The van der Waals surface area contributed by atoms with Gasteiger partial charge in [-0.25, -0.2) is 0 Å². The fraction of sp³-hybridized carbons (Fsp3) is 0.345. The average molecular weight is 478 g/mol. The minimum Gasteiger partial charge on any atom is -0.489 e. The third-order valence-corrected chi connectivity index (χ3v) is 6.03. The van der Waals surface area contributed by atoms with Crippen LogP contribution in [-0.4, -0.2) is 33.9 Å². The topological polar surface area (TPSA) is 99.0 Å². The largest absolute Gasteiger partial charge is 0.489 e. The highest BCUT2D eigenvalue weighted by Gasteiger charge is 2.15. The van der Waals surface area contributed by atoms with Crippen LogP contribution in [0.15, 0.2) is 72.8 Å². The third-order valence-electron chi connectivity index (χ3n) is 6.03. The number of rotatable bonds is 13. The van der Waals surface area contributed by atoms with Crippen LogP contribution in [0.1, 0.15) is 47.8 Å². The van der Waals surface area contributed by atoms with Gasteiger partial charge >= 0.3 is 5.97 Å². The minimum absolute atomic E-state index is 0.114. The van der Waals surface area contributed by atoms with E-state index in [1.165, 1.54) is 0 Å². The molecule has 3 aromatic rings. The van der Waals surface area contributed by atoms with Gasteiger partial charge in [0.2, 0.25) is 0 Å². The van der Waals surface area contributed by atoms with E-state index in [0.717, 1.165) is 23.1 Å². The van der Waals surface area contributed by atoms with Crippen LogP contribution in [0.25, 0.3) is 0 Å². The molecule has 0 spiro atoms. The second-order valence-electron chi connectivity index (χ2n) is 9.09. The quantitative estimate of drug-likeness (QED) is 0.293. The van der Waals surface area contributed by atoms with Crippen LogP contribution >= 0.6 is 0 Å². The van der Waals surface area contributed by atoms with E-state index < -0.39 is 18.0 Å². The lowest BCUT2D eigenvalue weighted by Gasteiger charge is -2.19. The molecule has 0 amide bonds. The minimum atomic E-state index is -0.792. The molecule has 0 aliphatic carbocycles. The summed E-state index contributed by atoms with van der Waals surface area (Å²) in [6.45, 7) is 4.37. The molecule has 0 saturated carbocycles. The summed E-state index contributed by atoms with van der Waals surface area (Å²) >= 11 is 0. The molecule has 0 fully saturated rings. The standard InChI is InChI=1S/C29H35NO5/c1-20(29(33)34)13-23-9-6-10-24(15-23)14-21(2)30-17-27(32)25-11-12-28(26(16-25)18-31)35-19-22-7-4-3-5-8-22/h3-12,15-16,20-21,27,30-32H,13-14,17-19H2,1-2H3,(H,33,34)/t20?,21-,27+/m1/s1. The summed E-state index contributed by atoms with van der Waals surface area (Å²) in [6, 6.07) is 23.3. The van der Waals surface area contributed by atoms with Crippen molar-refractivity contribution in [2.24, 2.45) is 5.92 Å². The molecular formula is C29H35NO5. The van der Waals surface area contributed by atoms with Gasteiger partial charge in [0, 0.05) is 18.2 Å². The van der Waals surface area contributed by atoms with Gasteiger partial charge in [0.15, 0.2) is 0 Å². The highest BCUT2D eigenvalue weighted by Crippen LogP contribution is 2.25. The molecule has 1 unspecified atom stereocenters. The van der Waals surface area contributed by atoms with E-state index in [1.54, 1.807) is 19.1 Å². The molecule has 0 aliphatic heterocycles. The highest BCUT2D eigenvalue weighted by atomic mass is 16.5. The van der Waals surface area contributed by atoms with Gasteiger partial charge in [0.05, 0.1) is 18.6 Å². The number of aliphatic carboxylic acids is 1. The predicted molar refractivity (Wildman–Crippen MR) is 136 cm³/mol. The smallest absolute Gasteiger partial charge is 0.306 e. The Labute approximate surface area is 207 Å². The second kappa shape index (κ2) is 13.0. The normalized spacial score (nSPS) is 13.7. The molecular weight excluding hydrogens is 442 g/mol. The Morgan fingerprint density at radius 2 is 1.60 bits per heavy atom. The lowest BCUT2D eigenvalue weighted by molar-refractivity contribution is -0.141. The summed E-state index contributed by atoms with van der Waals surface area (Å²) in [7, 11) is 0. The molecule has 0 aliphatic rings. The van der Waals surface area contributed by atoms with Gasteiger partial charge in [0.1, 0.15) is 12.4 Å². The van der Waals surface area contributed by atoms with Gasteiger partial charge in [0.25, 0.3) is 0 Å². The molecule has 0 heterocycles. The van der Waals surface area contributed by atoms with E-state index in [0.29, 0.717) is 36.4 Å². The summed E-state index contributed by atoms with van der Waals surface area (Å²) in [6.07, 6.45) is 0.534. The summed E-state index contributed by atoms with van der Waals surface area (Å²) in [4.78, 5) is 11.1. The number of aliphatic hydroxyl groups is 2. The zero-order valence-electron chi connectivity index (χ0n) is 20.4. The predicted octanol–water partition coefficient (Wildman–Crippen LogP) is 4.28. The van der Waals surface area contributed by atoms with Crippen LogP contribution in [-0.2, 0) is 30.8 Å². The summed E-state index contributed by atoms with van der Waals surface area (Å²) in [5.74, 6) is -0.611. The molecule has 6 nitrogen and oxygen atoms in total. The fourth-order valence-corrected chi connectivity index (χ4v) is 3.99. The van der Waals surface area contributed by atoms with Crippen molar-refractivity contribution in [1.29, 1.82) is 0 Å². The molecule has 3 rings (SSSR count). The number of hydrogen-bond acceptors (Lipinski definition) is 5. The maximum absolute atomic E-state index is 11.1. The van der Waals surface area contributed by atoms with Crippen molar-refractivity contribution in [2.45, 2.75) is 52.0 Å². The first-order valence-electron chi connectivity index (χ1n) is 12.0. The van der Waals surface area contributed by atoms with E-state index in [9.17, 15) is 15.0 Å². The van der Waals surface area contributed by atoms with Crippen molar-refractivity contribution in [1.82, 2.24) is 5.32 Å². The first kappa shape index (κ1) is 26.4. The Kier molecular flexibility index (Phi) is 9.85. The van der Waals surface area contributed by atoms with Crippen LogP contribution in [0.4, 0.5) is 0 Å². The maximum Gasteiger partial charge on any atom is 0.306 e. The molecule has 4 N–H and O–H groups in total. The molecule has 35 heavy (non-hydrogen) atoms. The summed E-state index contributed by atoms with van der Waals surface area (Å²) in [5, 5.41) is 33.0. The Bertz CT molecular complexity index is 1090. The van der Waals surface area contributed by atoms with Crippen molar-refractivity contribution in [3.8, 4) is 5.75 Å². The molecule has 0 saturated heterocycles. The fourth-order valence-electron chi connectivity index (χ4n) is 3.99. The van der Waals surface area contributed by atoms with E-state index in [2.05, 4.69) is 18.3 Å². The number of carboxylic acid groups (broad SMARTS) is 1. The van der Waals surface area contributed by atoms with Crippen LogP contribution < -0.4 is 10.1 Å². The van der Waals surface area contributed by atoms with E-state index in [1.807, 2.05) is 54.6 Å². The third kappa shape index (κ3) is 8.21. The number of carbonyl (C=O) groups is 1. The molecule has 0 aromatic heterocycles. The molecule has 0 radical (unpaired) electrons. The number of hydrogen-bond donors (Lipinski definition) is 4. The number of nitrogens with one attached hydrogen (secondary N) is 1. The van der Waals surface area contributed by atoms with Gasteiger partial charge < -0.3 is 25.4 Å². The summed E-state index contributed by atoms with van der Waals surface area (Å²) in [5.41, 5.74) is 4.52. The number of benzene rings is 3. The van der Waals surface area contributed by atoms with E-state index >= 15 is 0 Å². The Balaban J connectivity index is 1.53. The summed E-state index contributed by atoms with van der Waals surface area (Å²) < 4.78 is 5.87. The van der Waals surface area contributed by atoms with Crippen molar-refractivity contribution in [2.75, 3.05) is 6.54 Å². The van der Waals surface area contributed by atoms with Crippen molar-refractivity contribution < 1.29 is 24.9 Å². The van der Waals surface area contributed by atoms with Gasteiger partial charge in [-0.3, -0.25) is 4.79 Å². The molecule has 3 atom stereocenters. The zero-order chi connectivity index (χ0) is 25.2.